The fourth-order valence-electron chi connectivity index (χ4n) is 8.67. The molecule has 0 saturated carbocycles. The fraction of sp³-hybridized carbons (Fsp3) is 0.742. The number of cyclic esters (lactones) is 2. The van der Waals surface area contributed by atoms with E-state index in [1.165, 1.54) is 41.5 Å². The van der Waals surface area contributed by atoms with Crippen molar-refractivity contribution in [3.05, 3.63) is 11.1 Å². The summed E-state index contributed by atoms with van der Waals surface area (Å²) < 4.78 is 91.5. The molecule has 0 aromatic heterocycles. The van der Waals surface area contributed by atoms with Gasteiger partial charge in [0.1, 0.15) is 0 Å². The predicted molar refractivity (Wildman–Crippen MR) is 463 cm³/mol. The van der Waals surface area contributed by atoms with Crippen LogP contribution in [0.3, 0.4) is 0 Å². The molecule has 0 aromatic carbocycles. The molecule has 0 fully saturated rings. The van der Waals surface area contributed by atoms with Crippen LogP contribution in [0.5, 0.6) is 0 Å². The normalized spacial score (nSPS) is 12.3. The fourth-order valence-corrected chi connectivity index (χ4v) is 29.8. The Labute approximate surface area is 764 Å². The molecule has 1 aliphatic rings. The molecule has 44 nitrogen and oxygen atoms in total. The van der Waals surface area contributed by atoms with E-state index < -0.39 is 131 Å². The summed E-state index contributed by atoms with van der Waals surface area (Å²) >= 11 is -0.274. The van der Waals surface area contributed by atoms with Crippen LogP contribution in [0.15, 0.2) is 11.1 Å². The summed E-state index contributed by atoms with van der Waals surface area (Å²) in [4.78, 5) is 179. The number of Topliss-reactive ketones (excluding diaryl/α,β-unsaturated/α-hetero) is 1. The zero-order chi connectivity index (χ0) is 87.3. The average molecular weight is 2520 g/mol. The van der Waals surface area contributed by atoms with Gasteiger partial charge in [0.25, 0.3) is 0 Å². The Bertz CT molecular complexity index is 2890. The van der Waals surface area contributed by atoms with E-state index in [0.717, 1.165) is 6.41 Å². The first-order chi connectivity index (χ1) is 55.3. The van der Waals surface area contributed by atoms with Gasteiger partial charge in [-0.25, -0.2) is 14.5 Å². The molecule has 11 amide bonds. The second kappa shape index (κ2) is 77.4. The molecule has 1 heterocycles. The van der Waals surface area contributed by atoms with Gasteiger partial charge in [-0.1, -0.05) is 5.48 Å². The summed E-state index contributed by atoms with van der Waals surface area (Å²) in [5, 5.41) is 19.2. The Morgan fingerprint density at radius 3 is 1.28 bits per heavy atom. The number of carbonyl (C=O) groups is 14. The van der Waals surface area contributed by atoms with E-state index in [-0.39, 0.29) is 222 Å². The van der Waals surface area contributed by atoms with Gasteiger partial charge in [0, 0.05) is 17.6 Å². The Kier molecular flexibility index (Phi) is 78.0. The van der Waals surface area contributed by atoms with Crippen molar-refractivity contribution in [2.24, 2.45) is 4.44 Å². The van der Waals surface area contributed by atoms with E-state index in [1.807, 2.05) is 0 Å². The van der Waals surface area contributed by atoms with Gasteiger partial charge < -0.3 is 18.9 Å². The van der Waals surface area contributed by atoms with E-state index in [4.69, 9.17) is 68.2 Å². The van der Waals surface area contributed by atoms with Crippen LogP contribution in [0.1, 0.15) is 114 Å². The number of hydrogen-bond acceptors (Lipinski definition) is 33. The number of ether oxygens (including phenoxy) is 8. The van der Waals surface area contributed by atoms with E-state index in [2.05, 4.69) is 142 Å². The number of nitrogens with one attached hydrogen (secondary N) is 12. The molecule has 0 bridgehead atoms. The quantitative estimate of drug-likeness (QED) is 0.00333. The van der Waals surface area contributed by atoms with Gasteiger partial charge in [-0.3, -0.25) is 9.59 Å². The third kappa shape index (κ3) is 68.2. The van der Waals surface area contributed by atoms with Crippen molar-refractivity contribution in [1.29, 1.82) is 0 Å². The van der Waals surface area contributed by atoms with Gasteiger partial charge in [-0.15, -0.1) is 4.99 Å². The first-order valence-electron chi connectivity index (χ1n) is 36.8. The number of halogens is 5. The number of ketones is 1. The third-order valence-electron chi connectivity index (χ3n) is 14.1. The van der Waals surface area contributed by atoms with Crippen LogP contribution in [0.2, 0.25) is 0 Å². The molecule has 0 saturated heterocycles. The molecule has 3 atom stereocenters. The van der Waals surface area contributed by atoms with Crippen molar-refractivity contribution in [2.45, 2.75) is 138 Å². The van der Waals surface area contributed by atoms with Crippen LogP contribution >= 0.6 is 102 Å². The summed E-state index contributed by atoms with van der Waals surface area (Å²) in [6.07, 6.45) is -1.19. The van der Waals surface area contributed by atoms with Crippen molar-refractivity contribution < 1.29 is 136 Å². The van der Waals surface area contributed by atoms with E-state index in [0.29, 0.717) is 46.1 Å². The Hall–Kier alpha value is -1.17. The molecule has 3 unspecified atom stereocenters. The second-order valence-corrected chi connectivity index (χ2v) is 59.6. The van der Waals surface area contributed by atoms with Crippen LogP contribution in [0.4, 0.5) is 0 Å². The first kappa shape index (κ1) is 117. The number of nitrogens with zero attached hydrogens (tertiary/aromatic N) is 1. The number of amides is 11. The summed E-state index contributed by atoms with van der Waals surface area (Å²) in [5.74, 6) is -5.02. The zero-order valence-corrected chi connectivity index (χ0v) is 90.3. The van der Waals surface area contributed by atoms with Gasteiger partial charge in [0.05, 0.1) is 19.8 Å². The Morgan fingerprint density at radius 1 is 0.500 bits per heavy atom. The van der Waals surface area contributed by atoms with Crippen molar-refractivity contribution >= 4 is 256 Å². The summed E-state index contributed by atoms with van der Waals surface area (Å²) in [6, 6.07) is -2.86. The van der Waals surface area contributed by atoms with Crippen LogP contribution in [0, 0.1) is 0 Å². The number of nitrogens with two attached hydrogens (primary N) is 1. The van der Waals surface area contributed by atoms with Gasteiger partial charge in [-0.05, 0) is 41.0 Å². The second-order valence-electron chi connectivity index (χ2n) is 23.4. The van der Waals surface area contributed by atoms with Crippen molar-refractivity contribution in [3.8, 4) is 0 Å². The molecule has 0 aliphatic carbocycles. The molecular weight excluding hydrogens is 2400 g/mol. The van der Waals surface area contributed by atoms with Crippen LogP contribution in [0.25, 0.3) is 0 Å². The molecule has 1 rings (SSSR count). The van der Waals surface area contributed by atoms with E-state index in [9.17, 15) is 67.1 Å². The molecule has 0 radical (unpaired) electrons. The first-order valence-corrected chi connectivity index (χ1v) is 79.0. The summed E-state index contributed by atoms with van der Waals surface area (Å²) in [7, 11) is 0. The van der Waals surface area contributed by atoms with Gasteiger partial charge >= 0.3 is 636 Å². The molecule has 54 heteroatoms. The number of carbonyl (C=O) groups excluding carboxylic acids is 14. The third-order valence-corrected chi connectivity index (χ3v) is 39.3. The van der Waals surface area contributed by atoms with E-state index in [1.54, 1.807) is 48.7 Å². The minimum absolute atomic E-state index is 0.00557. The topological polar surface area (TPSA) is 560 Å². The van der Waals surface area contributed by atoms with Gasteiger partial charge in [-0.2, -0.15) is 0 Å². The van der Waals surface area contributed by atoms with Crippen molar-refractivity contribution in [3.63, 3.8) is 0 Å². The standard InChI is InChI=1S/C31H59N6O15.C18H25N2O8.C5H9INO3.4C2H5NO.5Ga.4HI.H2N.H/c1-4-48-31(49-5-2,50-6-3)37-52-51-21-14-32-25(29(43)34-12-19-46-23-16-39)7-10-28(42)36-26(30(44)35-13-20-47-24-17-40)8-9-27(41)33-11-18-45-22-15-38;1-11-13(18(26)28-17(11)25)3-5-16(24)20-14(12(2)22)4-6-15(23)19-7-9-27-10-8-21;6-10-4-2-7(5-9)1-3-8;4*1-2(3)4;;;;;;;;;;;/h25-26,32,37H,4-24H2,1-3H3,(H,33,41)(H,34,43)(H,35,44)(H,36,42);14H,3-10H2,1-2H3,(H,19,23)(H,20,24);5H,1-4H2;4*1H3,(H2,3,4);;;;;;4*1H;1H2;/q-3;2*-1;;;;;+2;4*+3;;;;;-1;/p-8. The minimum atomic E-state index is -2.38. The SMILES string of the molecule is CC(=O)[NH][Ga]([I])[O]CCOCCNC(=O)CCC(NC(=O)CCC1=C(C)C(=O)OC1=O)C(C)=O.CCOC(NOOCCNC(CCC(=O)NC(CCC(=O)NCCOCC[O][Ga]([I])[NH]C(C)=O)C(=O)NCCOCC[O][Ga]([I])[NH]C(C)=O)C(=O)NCCOCC[O][Ga]([I])[NH]C(C)=O)(OCC)OCC.[NH2][GaH][O]CCN(C=O)CCOI. The van der Waals surface area contributed by atoms with Gasteiger partial charge in [0.15, 0.2) is 0 Å². The molecule has 660 valence electrons. The van der Waals surface area contributed by atoms with Crippen LogP contribution in [-0.4, -0.2) is 348 Å². The van der Waals surface area contributed by atoms with E-state index >= 15 is 0 Å². The zero-order valence-electron chi connectivity index (χ0n) is 66.8. The monoisotopic (exact) mass is 2510 g/mol. The molecule has 0 aromatic rings. The maximum absolute atomic E-state index is 13.4. The predicted octanol–water partition coefficient (Wildman–Crippen LogP) is -2.94. The molecule has 14 N–H and O–H groups in total. The molecule has 116 heavy (non-hydrogen) atoms. The number of esters is 2. The Balaban J connectivity index is 0. The number of rotatable bonds is 70. The maximum atomic E-state index is 13.4. The number of hydrogen-bond donors (Lipinski definition) is 13. The summed E-state index contributed by atoms with van der Waals surface area (Å²) in [5.41, 5.74) is 2.79. The van der Waals surface area contributed by atoms with Crippen LogP contribution in [-0.2, 0) is 136 Å². The van der Waals surface area contributed by atoms with Crippen LogP contribution < -0.4 is 63.2 Å². The summed E-state index contributed by atoms with van der Waals surface area (Å²) in [6.45, 7) is 20.5. The molecule has 1 aliphatic heterocycles. The van der Waals surface area contributed by atoms with Gasteiger partial charge in [0.2, 0.25) is 5.91 Å². The Morgan fingerprint density at radius 2 is 0.888 bits per heavy atom. The van der Waals surface area contributed by atoms with Crippen molar-refractivity contribution in [1.82, 2.24) is 63.7 Å². The molecule has 0 spiro atoms. The average Bonchev–Trinajstić information content (AvgIpc) is 1.68. The van der Waals surface area contributed by atoms with Crippen molar-refractivity contribution in [2.75, 3.05) is 165 Å². The number of hydroxylamine groups is 1. The molecular formula is C62H112Ga5I5N14O30.